The van der Waals surface area contributed by atoms with Crippen molar-refractivity contribution in [2.75, 3.05) is 18.0 Å². The molecule has 0 unspecified atom stereocenters. The molecule has 0 bridgehead atoms. The van der Waals surface area contributed by atoms with Gasteiger partial charge in [0.05, 0.1) is 15.7 Å². The van der Waals surface area contributed by atoms with Gasteiger partial charge in [0.25, 0.3) is 0 Å². The van der Waals surface area contributed by atoms with E-state index in [0.717, 1.165) is 16.8 Å². The van der Waals surface area contributed by atoms with Crippen LogP contribution in [0.4, 0.5) is 10.5 Å². The molecule has 20 heavy (non-hydrogen) atoms. The molecular weight excluding hydrogens is 295 g/mol. The lowest BCUT2D eigenvalue weighted by atomic mass is 10.0. The Labute approximate surface area is 127 Å². The van der Waals surface area contributed by atoms with Crippen LogP contribution < -0.4 is 10.2 Å². The summed E-state index contributed by atoms with van der Waals surface area (Å²) in [6.07, 6.45) is 0. The van der Waals surface area contributed by atoms with Gasteiger partial charge in [-0.15, -0.1) is 0 Å². The van der Waals surface area contributed by atoms with E-state index in [2.05, 4.69) is 5.32 Å². The number of benzene rings is 2. The first kappa shape index (κ1) is 13.3. The Hall–Kier alpha value is -1.71. The molecule has 1 fully saturated rings. The number of carbonyl (C=O) groups is 1. The average Bonchev–Trinajstić information content (AvgIpc) is 2.88. The maximum Gasteiger partial charge on any atom is 0.322 e. The Morgan fingerprint density at radius 3 is 2.55 bits per heavy atom. The Morgan fingerprint density at radius 2 is 1.85 bits per heavy atom. The summed E-state index contributed by atoms with van der Waals surface area (Å²) in [6.45, 7) is 1.33. The van der Waals surface area contributed by atoms with Crippen molar-refractivity contribution in [2.45, 2.75) is 0 Å². The van der Waals surface area contributed by atoms with E-state index in [0.29, 0.717) is 23.1 Å². The molecule has 2 aromatic carbocycles. The highest BCUT2D eigenvalue weighted by molar-refractivity contribution is 6.42. The fourth-order valence-electron chi connectivity index (χ4n) is 2.32. The highest BCUT2D eigenvalue weighted by atomic mass is 35.5. The molecule has 3 rings (SSSR count). The van der Waals surface area contributed by atoms with Crippen molar-refractivity contribution in [3.8, 4) is 11.1 Å². The summed E-state index contributed by atoms with van der Waals surface area (Å²) >= 11 is 12.0. The molecule has 1 saturated heterocycles. The molecule has 5 heteroatoms. The second kappa shape index (κ2) is 5.35. The van der Waals surface area contributed by atoms with Crippen LogP contribution in [0.2, 0.25) is 10.0 Å². The Balaban J connectivity index is 2.09. The van der Waals surface area contributed by atoms with Gasteiger partial charge in [0, 0.05) is 18.7 Å². The van der Waals surface area contributed by atoms with Gasteiger partial charge in [0.15, 0.2) is 0 Å². The second-order valence-electron chi connectivity index (χ2n) is 4.53. The van der Waals surface area contributed by atoms with Crippen LogP contribution in [0.3, 0.4) is 0 Å². The third-order valence-electron chi connectivity index (χ3n) is 3.28. The van der Waals surface area contributed by atoms with Gasteiger partial charge in [-0.25, -0.2) is 4.79 Å². The van der Waals surface area contributed by atoms with Crippen molar-refractivity contribution in [1.29, 1.82) is 0 Å². The summed E-state index contributed by atoms with van der Waals surface area (Å²) in [6, 6.07) is 13.2. The highest BCUT2D eigenvalue weighted by Crippen LogP contribution is 2.34. The zero-order valence-electron chi connectivity index (χ0n) is 10.6. The normalized spacial score (nSPS) is 14.5. The van der Waals surface area contributed by atoms with E-state index < -0.39 is 0 Å². The van der Waals surface area contributed by atoms with Crippen LogP contribution in [-0.2, 0) is 0 Å². The Morgan fingerprint density at radius 1 is 1.05 bits per heavy atom. The fraction of sp³-hybridized carbons (Fsp3) is 0.133. The lowest BCUT2D eigenvalue weighted by molar-refractivity contribution is 0.252. The van der Waals surface area contributed by atoms with Gasteiger partial charge in [-0.05, 0) is 23.8 Å². The predicted molar refractivity (Wildman–Crippen MR) is 82.6 cm³/mol. The number of urea groups is 1. The number of nitrogens with one attached hydrogen (secondary N) is 1. The number of amides is 2. The van der Waals surface area contributed by atoms with Crippen LogP contribution >= 0.6 is 23.2 Å². The molecule has 2 aromatic rings. The first-order valence-corrected chi connectivity index (χ1v) is 7.02. The molecular formula is C15H12Cl2N2O. The molecule has 1 aliphatic heterocycles. The molecule has 0 radical (unpaired) electrons. The van der Waals surface area contributed by atoms with E-state index in [9.17, 15) is 4.79 Å². The second-order valence-corrected chi connectivity index (χ2v) is 5.34. The molecule has 102 valence electrons. The number of hydrogen-bond donors (Lipinski definition) is 1. The standard InChI is InChI=1S/C15H12Cl2N2O/c16-12-6-5-10(9-13(12)17)11-3-1-2-4-14(11)19-8-7-18-15(19)20/h1-6,9H,7-8H2,(H,18,20). The van der Waals surface area contributed by atoms with Gasteiger partial charge >= 0.3 is 6.03 Å². The average molecular weight is 307 g/mol. The molecule has 3 nitrogen and oxygen atoms in total. The van der Waals surface area contributed by atoms with Gasteiger partial charge in [-0.2, -0.15) is 0 Å². The number of para-hydroxylation sites is 1. The van der Waals surface area contributed by atoms with Crippen molar-refractivity contribution < 1.29 is 4.79 Å². The predicted octanol–water partition coefficient (Wildman–Crippen LogP) is 4.19. The summed E-state index contributed by atoms with van der Waals surface area (Å²) in [5.41, 5.74) is 2.78. The number of carbonyl (C=O) groups excluding carboxylic acids is 1. The van der Waals surface area contributed by atoms with E-state index >= 15 is 0 Å². The van der Waals surface area contributed by atoms with Crippen LogP contribution in [0.5, 0.6) is 0 Å². The summed E-state index contributed by atoms with van der Waals surface area (Å²) in [5, 5.41) is 3.83. The fourth-order valence-corrected chi connectivity index (χ4v) is 2.62. The topological polar surface area (TPSA) is 32.3 Å². The third-order valence-corrected chi connectivity index (χ3v) is 4.02. The van der Waals surface area contributed by atoms with E-state index in [1.807, 2.05) is 36.4 Å². The molecule has 0 saturated carbocycles. The van der Waals surface area contributed by atoms with Gasteiger partial charge in [0.2, 0.25) is 0 Å². The first-order valence-electron chi connectivity index (χ1n) is 6.26. The van der Waals surface area contributed by atoms with Crippen molar-refractivity contribution >= 4 is 34.9 Å². The zero-order valence-corrected chi connectivity index (χ0v) is 12.1. The van der Waals surface area contributed by atoms with Crippen LogP contribution in [0.25, 0.3) is 11.1 Å². The molecule has 0 aliphatic carbocycles. The van der Waals surface area contributed by atoms with Crippen LogP contribution in [-0.4, -0.2) is 19.1 Å². The van der Waals surface area contributed by atoms with E-state index in [1.165, 1.54) is 0 Å². The molecule has 2 amide bonds. The minimum absolute atomic E-state index is 0.0717. The van der Waals surface area contributed by atoms with Crippen LogP contribution in [0.15, 0.2) is 42.5 Å². The number of hydrogen-bond acceptors (Lipinski definition) is 1. The Bertz CT molecular complexity index is 673. The Kier molecular flexibility index (Phi) is 3.55. The minimum Gasteiger partial charge on any atom is -0.336 e. The number of nitrogens with zero attached hydrogens (tertiary/aromatic N) is 1. The van der Waals surface area contributed by atoms with Crippen LogP contribution in [0, 0.1) is 0 Å². The molecule has 0 aromatic heterocycles. The molecule has 1 N–H and O–H groups in total. The van der Waals surface area contributed by atoms with Crippen LogP contribution in [0.1, 0.15) is 0 Å². The summed E-state index contributed by atoms with van der Waals surface area (Å²) in [5.74, 6) is 0. The molecule has 0 spiro atoms. The van der Waals surface area contributed by atoms with Crippen molar-refractivity contribution in [3.05, 3.63) is 52.5 Å². The van der Waals surface area contributed by atoms with Crippen molar-refractivity contribution in [1.82, 2.24) is 5.32 Å². The number of rotatable bonds is 2. The summed E-state index contributed by atoms with van der Waals surface area (Å²) in [7, 11) is 0. The zero-order chi connectivity index (χ0) is 14.1. The summed E-state index contributed by atoms with van der Waals surface area (Å²) < 4.78 is 0. The SMILES string of the molecule is O=C1NCCN1c1ccccc1-c1ccc(Cl)c(Cl)c1. The maximum absolute atomic E-state index is 11.8. The van der Waals surface area contributed by atoms with Crippen molar-refractivity contribution in [2.24, 2.45) is 0 Å². The molecule has 1 heterocycles. The number of anilines is 1. The van der Waals surface area contributed by atoms with E-state index in [1.54, 1.807) is 11.0 Å². The number of halogens is 2. The van der Waals surface area contributed by atoms with E-state index in [4.69, 9.17) is 23.2 Å². The van der Waals surface area contributed by atoms with Gasteiger partial charge in [-0.3, -0.25) is 4.90 Å². The highest BCUT2D eigenvalue weighted by Gasteiger charge is 2.23. The summed E-state index contributed by atoms with van der Waals surface area (Å²) in [4.78, 5) is 13.6. The maximum atomic E-state index is 11.8. The van der Waals surface area contributed by atoms with Gasteiger partial charge in [-0.1, -0.05) is 47.5 Å². The lowest BCUT2D eigenvalue weighted by Crippen LogP contribution is -2.28. The van der Waals surface area contributed by atoms with Crippen molar-refractivity contribution in [3.63, 3.8) is 0 Å². The molecule has 1 aliphatic rings. The smallest absolute Gasteiger partial charge is 0.322 e. The minimum atomic E-state index is -0.0717. The molecule has 0 atom stereocenters. The monoisotopic (exact) mass is 306 g/mol. The van der Waals surface area contributed by atoms with E-state index in [-0.39, 0.29) is 6.03 Å². The van der Waals surface area contributed by atoms with Gasteiger partial charge < -0.3 is 5.32 Å². The quantitative estimate of drug-likeness (QED) is 0.886. The van der Waals surface area contributed by atoms with Gasteiger partial charge in [0.1, 0.15) is 0 Å². The largest absolute Gasteiger partial charge is 0.336 e. The first-order chi connectivity index (χ1) is 9.66. The third kappa shape index (κ3) is 2.35. The lowest BCUT2D eigenvalue weighted by Gasteiger charge is -2.18.